The van der Waals surface area contributed by atoms with Gasteiger partial charge in [0, 0.05) is 11.4 Å². The average molecular weight is 404 g/mol. The average Bonchev–Trinajstić information content (AvgIpc) is 2.98. The summed E-state index contributed by atoms with van der Waals surface area (Å²) in [5, 5.41) is 6.14. The lowest BCUT2D eigenvalue weighted by Gasteiger charge is -2.10. The molecule has 0 spiro atoms. The van der Waals surface area contributed by atoms with Gasteiger partial charge in [-0.1, -0.05) is 27.3 Å². The van der Waals surface area contributed by atoms with E-state index in [9.17, 15) is 4.79 Å². The highest BCUT2D eigenvalue weighted by molar-refractivity contribution is 9.10. The summed E-state index contributed by atoms with van der Waals surface area (Å²) >= 11 is 4.86. The number of hydrogen-bond donors (Lipinski definition) is 0. The Balaban J connectivity index is 1.90. The Labute approximate surface area is 151 Å². The lowest BCUT2D eigenvalue weighted by Crippen LogP contribution is -2.22. The number of hydrogen-bond acceptors (Lipinski definition) is 5. The molecule has 0 fully saturated rings. The Bertz CT molecular complexity index is 906. The minimum atomic E-state index is -0.196. The van der Waals surface area contributed by atoms with Gasteiger partial charge in [-0.05, 0) is 48.0 Å². The Hall–Kier alpha value is -2.25. The summed E-state index contributed by atoms with van der Waals surface area (Å²) < 4.78 is 7.09. The number of carbonyl (C=O) groups excluding carboxylic acids is 1. The molecule has 1 aromatic heterocycles. The zero-order chi connectivity index (χ0) is 17.1. The van der Waals surface area contributed by atoms with Crippen LogP contribution in [0.25, 0.3) is 10.2 Å². The molecule has 0 saturated carbocycles. The van der Waals surface area contributed by atoms with E-state index in [4.69, 9.17) is 4.74 Å². The number of hydrazone groups is 1. The maximum absolute atomic E-state index is 12.0. The van der Waals surface area contributed by atoms with Crippen molar-refractivity contribution in [1.29, 1.82) is 0 Å². The van der Waals surface area contributed by atoms with E-state index in [2.05, 4.69) is 26.0 Å². The topological polar surface area (TPSA) is 54.8 Å². The maximum Gasteiger partial charge on any atom is 0.246 e. The zero-order valence-electron chi connectivity index (χ0n) is 13.1. The fraction of sp³-hybridized carbons (Fsp3) is 0.118. The van der Waals surface area contributed by atoms with Crippen molar-refractivity contribution in [3.05, 3.63) is 52.5 Å². The molecule has 7 heteroatoms. The Kier molecular flexibility index (Phi) is 4.92. The van der Waals surface area contributed by atoms with Gasteiger partial charge in [0.05, 0.1) is 23.5 Å². The SMILES string of the molecule is COc1ccc(C=NN(C(C)=O)c2nc3ccc(Br)cc3s2)cc1. The quantitative estimate of drug-likeness (QED) is 0.477. The summed E-state index contributed by atoms with van der Waals surface area (Å²) in [7, 11) is 1.62. The standard InChI is InChI=1S/C17H14BrN3O2S/c1-11(22)21(19-10-12-3-6-14(23-2)7-4-12)17-20-15-8-5-13(18)9-16(15)24-17/h3-10H,1-2H3. The second kappa shape index (κ2) is 7.11. The van der Waals surface area contributed by atoms with E-state index in [0.29, 0.717) is 5.13 Å². The molecule has 5 nitrogen and oxygen atoms in total. The van der Waals surface area contributed by atoms with Crippen molar-refractivity contribution in [3.63, 3.8) is 0 Å². The van der Waals surface area contributed by atoms with Crippen LogP contribution in [-0.2, 0) is 4.79 Å². The van der Waals surface area contributed by atoms with Gasteiger partial charge in [0.1, 0.15) is 5.75 Å². The van der Waals surface area contributed by atoms with Crippen molar-refractivity contribution in [1.82, 2.24) is 4.98 Å². The number of thiazole rings is 1. The molecule has 0 saturated heterocycles. The first-order chi connectivity index (χ1) is 11.6. The first-order valence-corrected chi connectivity index (χ1v) is 8.72. The molecule has 0 N–H and O–H groups in total. The van der Waals surface area contributed by atoms with Crippen LogP contribution < -0.4 is 9.75 Å². The first kappa shape index (κ1) is 16.6. The lowest BCUT2D eigenvalue weighted by molar-refractivity contribution is -0.116. The molecule has 0 unspecified atom stereocenters. The molecule has 3 aromatic rings. The predicted molar refractivity (Wildman–Crippen MR) is 101 cm³/mol. The summed E-state index contributed by atoms with van der Waals surface area (Å²) in [6.07, 6.45) is 1.63. The molecule has 122 valence electrons. The van der Waals surface area contributed by atoms with E-state index >= 15 is 0 Å². The Morgan fingerprint density at radius 1 is 1.29 bits per heavy atom. The van der Waals surface area contributed by atoms with Gasteiger partial charge in [0.15, 0.2) is 0 Å². The molecule has 3 rings (SSSR count). The highest BCUT2D eigenvalue weighted by atomic mass is 79.9. The highest BCUT2D eigenvalue weighted by Gasteiger charge is 2.15. The van der Waals surface area contributed by atoms with Crippen LogP contribution in [0.15, 0.2) is 52.0 Å². The molecule has 0 atom stereocenters. The van der Waals surface area contributed by atoms with Crippen molar-refractivity contribution >= 4 is 54.7 Å². The van der Waals surface area contributed by atoms with Crippen molar-refractivity contribution in [3.8, 4) is 5.75 Å². The van der Waals surface area contributed by atoms with Crippen LogP contribution in [0.2, 0.25) is 0 Å². The van der Waals surface area contributed by atoms with E-state index < -0.39 is 0 Å². The number of carbonyl (C=O) groups is 1. The van der Waals surface area contributed by atoms with Crippen molar-refractivity contribution in [2.45, 2.75) is 6.92 Å². The normalized spacial score (nSPS) is 11.1. The summed E-state index contributed by atoms with van der Waals surface area (Å²) in [4.78, 5) is 16.4. The number of amides is 1. The van der Waals surface area contributed by atoms with Gasteiger partial charge in [0.25, 0.3) is 0 Å². The van der Waals surface area contributed by atoms with E-state index in [-0.39, 0.29) is 5.91 Å². The molecule has 0 aliphatic carbocycles. The highest BCUT2D eigenvalue weighted by Crippen LogP contribution is 2.31. The smallest absolute Gasteiger partial charge is 0.246 e. The third-order valence-corrected chi connectivity index (χ3v) is 4.74. The number of ether oxygens (including phenoxy) is 1. The number of aromatic nitrogens is 1. The lowest BCUT2D eigenvalue weighted by atomic mass is 10.2. The van der Waals surface area contributed by atoms with Crippen molar-refractivity contribution < 1.29 is 9.53 Å². The van der Waals surface area contributed by atoms with Crippen LogP contribution in [0.5, 0.6) is 5.75 Å². The monoisotopic (exact) mass is 403 g/mol. The minimum Gasteiger partial charge on any atom is -0.497 e. The number of rotatable bonds is 4. The van der Waals surface area contributed by atoms with Crippen LogP contribution in [0, 0.1) is 0 Å². The second-order valence-electron chi connectivity index (χ2n) is 4.96. The van der Waals surface area contributed by atoms with Gasteiger partial charge >= 0.3 is 0 Å². The number of methoxy groups -OCH3 is 1. The third kappa shape index (κ3) is 3.63. The van der Waals surface area contributed by atoms with Crippen LogP contribution >= 0.6 is 27.3 Å². The van der Waals surface area contributed by atoms with Crippen molar-refractivity contribution in [2.75, 3.05) is 12.1 Å². The molecular weight excluding hydrogens is 390 g/mol. The third-order valence-electron chi connectivity index (χ3n) is 3.26. The van der Waals surface area contributed by atoms with Gasteiger partial charge in [-0.15, -0.1) is 0 Å². The van der Waals surface area contributed by atoms with Gasteiger partial charge in [-0.3, -0.25) is 4.79 Å². The maximum atomic E-state index is 12.0. The van der Waals surface area contributed by atoms with E-state index in [1.807, 2.05) is 42.5 Å². The summed E-state index contributed by atoms with van der Waals surface area (Å²) in [6, 6.07) is 13.2. The predicted octanol–water partition coefficient (Wildman–Crippen LogP) is 4.45. The zero-order valence-corrected chi connectivity index (χ0v) is 15.5. The van der Waals surface area contributed by atoms with E-state index in [1.165, 1.54) is 23.3 Å². The fourth-order valence-corrected chi connectivity index (χ4v) is 3.58. The second-order valence-corrected chi connectivity index (χ2v) is 6.88. The number of nitrogens with zero attached hydrogens (tertiary/aromatic N) is 3. The van der Waals surface area contributed by atoms with Crippen LogP contribution in [0.3, 0.4) is 0 Å². The summed E-state index contributed by atoms with van der Waals surface area (Å²) in [6.45, 7) is 1.47. The minimum absolute atomic E-state index is 0.196. The van der Waals surface area contributed by atoms with Gasteiger partial charge < -0.3 is 4.74 Å². The largest absolute Gasteiger partial charge is 0.497 e. The number of fused-ring (bicyclic) bond motifs is 1. The number of anilines is 1. The molecule has 1 amide bonds. The molecule has 0 aliphatic heterocycles. The van der Waals surface area contributed by atoms with Gasteiger partial charge in [0.2, 0.25) is 11.0 Å². The van der Waals surface area contributed by atoms with Crippen LogP contribution in [0.1, 0.15) is 12.5 Å². The number of benzene rings is 2. The van der Waals surface area contributed by atoms with Gasteiger partial charge in [-0.25, -0.2) is 4.98 Å². The molecule has 1 heterocycles. The Morgan fingerprint density at radius 2 is 2.04 bits per heavy atom. The fourth-order valence-electron chi connectivity index (χ4n) is 2.06. The van der Waals surface area contributed by atoms with Crippen LogP contribution in [0.4, 0.5) is 5.13 Å². The summed E-state index contributed by atoms with van der Waals surface area (Å²) in [5.41, 5.74) is 1.70. The molecule has 0 radical (unpaired) electrons. The molecule has 0 aliphatic rings. The molecule has 2 aromatic carbocycles. The Morgan fingerprint density at radius 3 is 2.71 bits per heavy atom. The van der Waals surface area contributed by atoms with Gasteiger partial charge in [-0.2, -0.15) is 10.1 Å². The molecular formula is C17H14BrN3O2S. The van der Waals surface area contributed by atoms with Crippen LogP contribution in [-0.4, -0.2) is 24.2 Å². The van der Waals surface area contributed by atoms with E-state index in [0.717, 1.165) is 26.0 Å². The van der Waals surface area contributed by atoms with E-state index in [1.54, 1.807) is 13.3 Å². The first-order valence-electron chi connectivity index (χ1n) is 7.11. The van der Waals surface area contributed by atoms with Crippen molar-refractivity contribution in [2.24, 2.45) is 5.10 Å². The molecule has 0 bridgehead atoms. The summed E-state index contributed by atoms with van der Waals surface area (Å²) in [5.74, 6) is 0.574. The number of halogens is 1. The molecule has 24 heavy (non-hydrogen) atoms.